The zero-order valence-corrected chi connectivity index (χ0v) is 9.95. The Hall–Kier alpha value is -2.25. The monoisotopic (exact) mass is 253 g/mol. The molecule has 8 heteroatoms. The summed E-state index contributed by atoms with van der Waals surface area (Å²) in [5.41, 5.74) is 4.44. The van der Waals surface area contributed by atoms with Gasteiger partial charge in [0.25, 0.3) is 5.56 Å². The number of nitrogens with one attached hydrogen (secondary N) is 3. The molecule has 0 unspecified atom stereocenters. The first-order valence-electron chi connectivity index (χ1n) is 5.61. The maximum Gasteiger partial charge on any atom is 0.329 e. The molecule has 0 saturated heterocycles. The van der Waals surface area contributed by atoms with Crippen molar-refractivity contribution in [2.45, 2.75) is 18.9 Å². The molecule has 98 valence electrons. The molecule has 18 heavy (non-hydrogen) atoms. The highest BCUT2D eigenvalue weighted by atomic mass is 16.2. The largest absolute Gasteiger partial charge is 0.383 e. The van der Waals surface area contributed by atoms with Crippen LogP contribution in [0.2, 0.25) is 0 Å². The second kappa shape index (κ2) is 4.55. The third kappa shape index (κ3) is 2.53. The predicted molar refractivity (Wildman–Crippen MR) is 66.4 cm³/mol. The number of aromatic amines is 1. The number of amides is 1. The number of nitrogens with zero attached hydrogens (tertiary/aromatic N) is 1. The van der Waals surface area contributed by atoms with Crippen LogP contribution < -0.4 is 27.6 Å². The highest BCUT2D eigenvalue weighted by Crippen LogP contribution is 2.18. The minimum absolute atomic E-state index is 0.00275. The Balaban J connectivity index is 2.09. The van der Waals surface area contributed by atoms with Gasteiger partial charge in [-0.2, -0.15) is 0 Å². The average molecular weight is 253 g/mol. The Kier molecular flexibility index (Phi) is 3.09. The number of carbonyl (C=O) groups is 1. The Morgan fingerprint density at radius 1 is 1.50 bits per heavy atom. The van der Waals surface area contributed by atoms with Gasteiger partial charge in [-0.05, 0) is 12.8 Å². The van der Waals surface area contributed by atoms with E-state index in [0.29, 0.717) is 0 Å². The van der Waals surface area contributed by atoms with Gasteiger partial charge in [0.15, 0.2) is 0 Å². The Labute approximate surface area is 102 Å². The van der Waals surface area contributed by atoms with E-state index in [2.05, 4.69) is 15.6 Å². The van der Waals surface area contributed by atoms with Crippen LogP contribution in [0.25, 0.3) is 0 Å². The van der Waals surface area contributed by atoms with Gasteiger partial charge in [-0.3, -0.25) is 19.1 Å². The summed E-state index contributed by atoms with van der Waals surface area (Å²) >= 11 is 0. The van der Waals surface area contributed by atoms with Crippen LogP contribution >= 0.6 is 0 Å². The fourth-order valence-electron chi connectivity index (χ4n) is 1.48. The van der Waals surface area contributed by atoms with Crippen molar-refractivity contribution in [2.24, 2.45) is 7.05 Å². The fourth-order valence-corrected chi connectivity index (χ4v) is 1.48. The van der Waals surface area contributed by atoms with Crippen molar-refractivity contribution in [3.8, 4) is 0 Å². The van der Waals surface area contributed by atoms with Crippen LogP contribution in [0.5, 0.6) is 0 Å². The lowest BCUT2D eigenvalue weighted by Gasteiger charge is -2.10. The van der Waals surface area contributed by atoms with Crippen molar-refractivity contribution in [1.29, 1.82) is 0 Å². The number of aromatic nitrogens is 2. The number of carbonyl (C=O) groups excluding carboxylic acids is 1. The number of rotatable bonds is 4. The van der Waals surface area contributed by atoms with Gasteiger partial charge in [-0.15, -0.1) is 0 Å². The molecule has 8 nitrogen and oxygen atoms in total. The average Bonchev–Trinajstić information content (AvgIpc) is 3.09. The first kappa shape index (κ1) is 12.2. The summed E-state index contributed by atoms with van der Waals surface area (Å²) in [6.07, 6.45) is 1.99. The molecule has 1 aromatic heterocycles. The third-order valence-electron chi connectivity index (χ3n) is 2.74. The molecule has 1 heterocycles. The Bertz CT molecular complexity index is 584. The number of hydrogen-bond donors (Lipinski definition) is 4. The summed E-state index contributed by atoms with van der Waals surface area (Å²) < 4.78 is 1.10. The van der Waals surface area contributed by atoms with Gasteiger partial charge in [0.2, 0.25) is 5.91 Å². The first-order chi connectivity index (χ1) is 8.49. The molecule has 1 aliphatic carbocycles. The van der Waals surface area contributed by atoms with Crippen LogP contribution in [0.15, 0.2) is 9.59 Å². The summed E-state index contributed by atoms with van der Waals surface area (Å²) in [5, 5.41) is 5.41. The summed E-state index contributed by atoms with van der Waals surface area (Å²) in [7, 11) is 1.43. The van der Waals surface area contributed by atoms with E-state index in [0.717, 1.165) is 17.4 Å². The van der Waals surface area contributed by atoms with Gasteiger partial charge < -0.3 is 16.4 Å². The minimum atomic E-state index is -0.630. The van der Waals surface area contributed by atoms with Gasteiger partial charge in [0.05, 0.1) is 6.54 Å². The molecule has 1 aromatic rings. The molecule has 1 saturated carbocycles. The van der Waals surface area contributed by atoms with Crippen molar-refractivity contribution >= 4 is 17.4 Å². The fraction of sp³-hybridized carbons (Fsp3) is 0.500. The van der Waals surface area contributed by atoms with E-state index in [1.165, 1.54) is 7.05 Å². The number of nitrogens with two attached hydrogens (primary N) is 1. The summed E-state index contributed by atoms with van der Waals surface area (Å²) in [4.78, 5) is 36.3. The quantitative estimate of drug-likeness (QED) is 0.512. The third-order valence-corrected chi connectivity index (χ3v) is 2.74. The van der Waals surface area contributed by atoms with E-state index >= 15 is 0 Å². The second-order valence-corrected chi connectivity index (χ2v) is 4.27. The standard InChI is InChI=1S/C10H15N5O3/c1-15-8(11)7(9(17)14-10(15)18)12-4-6(16)13-5-2-3-5/h5,12H,2-4,11H2,1H3,(H,13,16)(H,14,17,18). The molecule has 1 fully saturated rings. The maximum atomic E-state index is 11.5. The van der Waals surface area contributed by atoms with Crippen LogP contribution in [0.1, 0.15) is 12.8 Å². The number of hydrogen-bond acceptors (Lipinski definition) is 5. The van der Waals surface area contributed by atoms with Crippen LogP contribution in [0.3, 0.4) is 0 Å². The first-order valence-corrected chi connectivity index (χ1v) is 5.61. The molecule has 0 aromatic carbocycles. The summed E-state index contributed by atoms with van der Waals surface area (Å²) in [6, 6.07) is 0.259. The smallest absolute Gasteiger partial charge is 0.329 e. The molecule has 1 amide bonds. The van der Waals surface area contributed by atoms with E-state index in [1.807, 2.05) is 0 Å². The lowest BCUT2D eigenvalue weighted by molar-refractivity contribution is -0.119. The van der Waals surface area contributed by atoms with Gasteiger partial charge in [-0.1, -0.05) is 0 Å². The Morgan fingerprint density at radius 2 is 2.17 bits per heavy atom. The highest BCUT2D eigenvalue weighted by molar-refractivity contribution is 5.82. The highest BCUT2D eigenvalue weighted by Gasteiger charge is 2.23. The van der Waals surface area contributed by atoms with Gasteiger partial charge in [0.1, 0.15) is 11.5 Å². The van der Waals surface area contributed by atoms with E-state index in [1.54, 1.807) is 0 Å². The van der Waals surface area contributed by atoms with Crippen molar-refractivity contribution < 1.29 is 4.79 Å². The molecule has 2 rings (SSSR count). The number of nitrogen functional groups attached to an aromatic ring is 1. The van der Waals surface area contributed by atoms with Crippen molar-refractivity contribution in [3.63, 3.8) is 0 Å². The van der Waals surface area contributed by atoms with Crippen LogP contribution in [-0.4, -0.2) is 28.0 Å². The molecule has 0 bridgehead atoms. The molecule has 0 spiro atoms. The summed E-state index contributed by atoms with van der Waals surface area (Å²) in [6.45, 7) is -0.0536. The molecule has 1 aliphatic rings. The van der Waals surface area contributed by atoms with E-state index in [9.17, 15) is 14.4 Å². The normalized spacial score (nSPS) is 14.3. The zero-order valence-electron chi connectivity index (χ0n) is 9.95. The summed E-state index contributed by atoms with van der Waals surface area (Å²) in [5.74, 6) is -0.201. The van der Waals surface area contributed by atoms with Gasteiger partial charge >= 0.3 is 5.69 Å². The molecule has 5 N–H and O–H groups in total. The maximum absolute atomic E-state index is 11.5. The lowest BCUT2D eigenvalue weighted by atomic mass is 10.4. The van der Waals surface area contributed by atoms with Crippen molar-refractivity contribution in [2.75, 3.05) is 17.6 Å². The van der Waals surface area contributed by atoms with Crippen molar-refractivity contribution in [1.82, 2.24) is 14.9 Å². The topological polar surface area (TPSA) is 122 Å². The SMILES string of the molecule is Cn1c(N)c(NCC(=O)NC2CC2)c(=O)[nH]c1=O. The van der Waals surface area contributed by atoms with E-state index < -0.39 is 11.2 Å². The predicted octanol–water partition coefficient (Wildman–Crippen LogP) is -1.65. The van der Waals surface area contributed by atoms with E-state index in [4.69, 9.17) is 5.73 Å². The van der Waals surface area contributed by atoms with Gasteiger partial charge in [-0.25, -0.2) is 4.79 Å². The zero-order chi connectivity index (χ0) is 13.3. The van der Waals surface area contributed by atoms with Gasteiger partial charge in [0, 0.05) is 13.1 Å². The van der Waals surface area contributed by atoms with Crippen LogP contribution in [0, 0.1) is 0 Å². The van der Waals surface area contributed by atoms with Crippen LogP contribution in [0.4, 0.5) is 11.5 Å². The van der Waals surface area contributed by atoms with Crippen LogP contribution in [-0.2, 0) is 11.8 Å². The molecular weight excluding hydrogens is 238 g/mol. The molecule has 0 aliphatic heterocycles. The Morgan fingerprint density at radius 3 is 2.78 bits per heavy atom. The lowest BCUT2D eigenvalue weighted by Crippen LogP contribution is -2.36. The molecule has 0 atom stereocenters. The number of H-pyrrole nitrogens is 1. The minimum Gasteiger partial charge on any atom is -0.383 e. The second-order valence-electron chi connectivity index (χ2n) is 4.27. The molecular formula is C10H15N5O3. The van der Waals surface area contributed by atoms with E-state index in [-0.39, 0.29) is 30.0 Å². The number of anilines is 2. The van der Waals surface area contributed by atoms with Crippen molar-refractivity contribution in [3.05, 3.63) is 20.8 Å². The molecule has 0 radical (unpaired) electrons.